The van der Waals surface area contributed by atoms with E-state index in [0.29, 0.717) is 12.0 Å². The lowest BCUT2D eigenvalue weighted by molar-refractivity contribution is 0.0944. The summed E-state index contributed by atoms with van der Waals surface area (Å²) in [5, 5.41) is 0. The quantitative estimate of drug-likeness (QED) is 0.846. The molecule has 0 fully saturated rings. The first-order valence-electron chi connectivity index (χ1n) is 6.27. The molecule has 0 amide bonds. The largest absolute Gasteiger partial charge is 0.490 e. The lowest BCUT2D eigenvalue weighted by atomic mass is 9.87. The van der Waals surface area contributed by atoms with Crippen molar-refractivity contribution in [1.82, 2.24) is 0 Å². The van der Waals surface area contributed by atoms with Crippen molar-refractivity contribution in [2.75, 3.05) is 0 Å². The molecule has 0 radical (unpaired) electrons. The number of para-hydroxylation sites is 1. The zero-order valence-electron chi connectivity index (χ0n) is 10.1. The predicted molar refractivity (Wildman–Crippen MR) is 66.5 cm³/mol. The van der Waals surface area contributed by atoms with Gasteiger partial charge < -0.3 is 10.5 Å². The molecule has 16 heavy (non-hydrogen) atoms. The molecule has 1 unspecified atom stereocenters. The highest BCUT2D eigenvalue weighted by atomic mass is 16.5. The van der Waals surface area contributed by atoms with Crippen LogP contribution in [0.15, 0.2) is 24.3 Å². The molecule has 0 spiro atoms. The van der Waals surface area contributed by atoms with E-state index < -0.39 is 0 Å². The topological polar surface area (TPSA) is 35.2 Å². The molecule has 1 aromatic carbocycles. The molecule has 2 N–H and O–H groups in total. The second-order valence-electron chi connectivity index (χ2n) is 4.61. The summed E-state index contributed by atoms with van der Waals surface area (Å²) in [5.74, 6) is 1.61. The van der Waals surface area contributed by atoms with Gasteiger partial charge in [-0.05, 0) is 24.8 Å². The van der Waals surface area contributed by atoms with Crippen LogP contribution < -0.4 is 10.5 Å². The lowest BCUT2D eigenvalue weighted by Gasteiger charge is -2.34. The zero-order chi connectivity index (χ0) is 11.5. The second kappa shape index (κ2) is 4.88. The SMILES string of the molecule is CCC(CC)C1C[C@@H](N)c2ccccc2O1. The Bertz CT molecular complexity index is 346. The van der Waals surface area contributed by atoms with Gasteiger partial charge in [0.1, 0.15) is 11.9 Å². The first-order valence-corrected chi connectivity index (χ1v) is 6.27. The number of ether oxygens (including phenoxy) is 1. The van der Waals surface area contributed by atoms with Gasteiger partial charge in [0.2, 0.25) is 0 Å². The molecule has 0 saturated carbocycles. The molecule has 2 atom stereocenters. The summed E-state index contributed by atoms with van der Waals surface area (Å²) in [5.41, 5.74) is 7.36. The van der Waals surface area contributed by atoms with Crippen LogP contribution in [0.3, 0.4) is 0 Å². The van der Waals surface area contributed by atoms with Crippen LogP contribution in [0.2, 0.25) is 0 Å². The van der Waals surface area contributed by atoms with E-state index in [2.05, 4.69) is 19.9 Å². The Balaban J connectivity index is 2.20. The third kappa shape index (κ3) is 2.07. The highest BCUT2D eigenvalue weighted by molar-refractivity contribution is 5.37. The molecule has 1 heterocycles. The minimum atomic E-state index is 0.135. The zero-order valence-corrected chi connectivity index (χ0v) is 10.1. The van der Waals surface area contributed by atoms with Gasteiger partial charge in [0.15, 0.2) is 0 Å². The normalized spacial score (nSPS) is 24.0. The molecule has 1 aliphatic rings. The summed E-state index contributed by atoms with van der Waals surface area (Å²) in [6.07, 6.45) is 3.56. The fourth-order valence-electron chi connectivity index (χ4n) is 2.59. The standard InChI is InChI=1S/C14H21NO/c1-3-10(4-2)14-9-12(15)11-7-5-6-8-13(11)16-14/h5-8,10,12,14H,3-4,9,15H2,1-2H3/t12-,14?/m1/s1. The van der Waals surface area contributed by atoms with Crippen molar-refractivity contribution in [2.24, 2.45) is 11.7 Å². The summed E-state index contributed by atoms with van der Waals surface area (Å²) < 4.78 is 6.07. The number of nitrogens with two attached hydrogens (primary N) is 1. The van der Waals surface area contributed by atoms with Gasteiger partial charge in [0.05, 0.1) is 0 Å². The van der Waals surface area contributed by atoms with Gasteiger partial charge in [-0.1, -0.05) is 32.0 Å². The number of benzene rings is 1. The highest BCUT2D eigenvalue weighted by Crippen LogP contribution is 2.36. The number of rotatable bonds is 3. The minimum absolute atomic E-state index is 0.135. The molecule has 1 aliphatic heterocycles. The van der Waals surface area contributed by atoms with E-state index in [4.69, 9.17) is 10.5 Å². The van der Waals surface area contributed by atoms with Crippen molar-refractivity contribution in [3.05, 3.63) is 29.8 Å². The Labute approximate surface area is 97.8 Å². The van der Waals surface area contributed by atoms with Crippen molar-refractivity contribution >= 4 is 0 Å². The van der Waals surface area contributed by atoms with Crippen molar-refractivity contribution < 1.29 is 4.74 Å². The molecule has 88 valence electrons. The van der Waals surface area contributed by atoms with E-state index >= 15 is 0 Å². The van der Waals surface area contributed by atoms with Crippen molar-refractivity contribution in [3.63, 3.8) is 0 Å². The van der Waals surface area contributed by atoms with Crippen LogP contribution in [0.5, 0.6) is 5.75 Å². The average molecular weight is 219 g/mol. The first-order chi connectivity index (χ1) is 7.76. The van der Waals surface area contributed by atoms with E-state index in [-0.39, 0.29) is 6.04 Å². The Kier molecular flexibility index (Phi) is 3.49. The second-order valence-corrected chi connectivity index (χ2v) is 4.61. The molecule has 0 aromatic heterocycles. The molecule has 1 aromatic rings. The van der Waals surface area contributed by atoms with Crippen LogP contribution in [0, 0.1) is 5.92 Å². The Hall–Kier alpha value is -1.02. The molecular weight excluding hydrogens is 198 g/mol. The van der Waals surface area contributed by atoms with Crippen molar-refractivity contribution in [1.29, 1.82) is 0 Å². The molecular formula is C14H21NO. The van der Waals surface area contributed by atoms with Crippen molar-refractivity contribution in [2.45, 2.75) is 45.3 Å². The van der Waals surface area contributed by atoms with Gasteiger partial charge in [0, 0.05) is 18.0 Å². The molecule has 0 bridgehead atoms. The number of fused-ring (bicyclic) bond motifs is 1. The van der Waals surface area contributed by atoms with E-state index in [1.54, 1.807) is 0 Å². The number of hydrogen-bond acceptors (Lipinski definition) is 2. The average Bonchev–Trinajstić information content (AvgIpc) is 2.31. The molecule has 0 aliphatic carbocycles. The lowest BCUT2D eigenvalue weighted by Crippen LogP contribution is -2.34. The van der Waals surface area contributed by atoms with E-state index in [1.807, 2.05) is 18.2 Å². The molecule has 2 heteroatoms. The van der Waals surface area contributed by atoms with E-state index in [9.17, 15) is 0 Å². The third-order valence-corrected chi connectivity index (χ3v) is 3.66. The fraction of sp³-hybridized carbons (Fsp3) is 0.571. The van der Waals surface area contributed by atoms with Gasteiger partial charge in [-0.25, -0.2) is 0 Å². The van der Waals surface area contributed by atoms with E-state index in [1.165, 1.54) is 0 Å². The summed E-state index contributed by atoms with van der Waals surface area (Å²) in [6, 6.07) is 8.28. The molecule has 0 saturated heterocycles. The Morgan fingerprint density at radius 1 is 1.31 bits per heavy atom. The highest BCUT2D eigenvalue weighted by Gasteiger charge is 2.29. The predicted octanol–water partition coefficient (Wildman–Crippen LogP) is 3.27. The summed E-state index contributed by atoms with van der Waals surface area (Å²) in [4.78, 5) is 0. The van der Waals surface area contributed by atoms with Crippen LogP contribution in [-0.2, 0) is 0 Å². The molecule has 2 rings (SSSR count). The number of hydrogen-bond donors (Lipinski definition) is 1. The van der Waals surface area contributed by atoms with Gasteiger partial charge in [-0.15, -0.1) is 0 Å². The van der Waals surface area contributed by atoms with Crippen LogP contribution in [0.1, 0.15) is 44.7 Å². The first kappa shape index (κ1) is 11.5. The van der Waals surface area contributed by atoms with Crippen LogP contribution in [0.4, 0.5) is 0 Å². The Morgan fingerprint density at radius 3 is 2.69 bits per heavy atom. The smallest absolute Gasteiger partial charge is 0.124 e. The van der Waals surface area contributed by atoms with Gasteiger partial charge in [-0.2, -0.15) is 0 Å². The monoisotopic (exact) mass is 219 g/mol. The summed E-state index contributed by atoms with van der Waals surface area (Å²) >= 11 is 0. The van der Waals surface area contributed by atoms with Gasteiger partial charge >= 0.3 is 0 Å². The van der Waals surface area contributed by atoms with E-state index in [0.717, 1.165) is 30.6 Å². The third-order valence-electron chi connectivity index (χ3n) is 3.66. The van der Waals surface area contributed by atoms with Gasteiger partial charge in [-0.3, -0.25) is 0 Å². The Morgan fingerprint density at radius 2 is 2.00 bits per heavy atom. The van der Waals surface area contributed by atoms with Crippen LogP contribution in [0.25, 0.3) is 0 Å². The maximum atomic E-state index is 6.20. The summed E-state index contributed by atoms with van der Waals surface area (Å²) in [7, 11) is 0. The minimum Gasteiger partial charge on any atom is -0.490 e. The van der Waals surface area contributed by atoms with Crippen LogP contribution >= 0.6 is 0 Å². The van der Waals surface area contributed by atoms with Gasteiger partial charge in [0.25, 0.3) is 0 Å². The maximum Gasteiger partial charge on any atom is 0.124 e. The fourth-order valence-corrected chi connectivity index (χ4v) is 2.59. The van der Waals surface area contributed by atoms with Crippen LogP contribution in [-0.4, -0.2) is 6.10 Å². The maximum absolute atomic E-state index is 6.20. The molecule has 2 nitrogen and oxygen atoms in total. The summed E-state index contributed by atoms with van der Waals surface area (Å²) in [6.45, 7) is 4.45. The van der Waals surface area contributed by atoms with Crippen molar-refractivity contribution in [3.8, 4) is 5.75 Å².